The van der Waals surface area contributed by atoms with Gasteiger partial charge in [0.2, 0.25) is 0 Å². The lowest BCUT2D eigenvalue weighted by Crippen LogP contribution is -2.15. The number of rotatable bonds is 2. The van der Waals surface area contributed by atoms with Crippen molar-refractivity contribution in [2.45, 2.75) is 0 Å². The van der Waals surface area contributed by atoms with Gasteiger partial charge in [0.15, 0.2) is 11.6 Å². The Morgan fingerprint density at radius 3 is 2.64 bits per heavy atom. The normalized spacial score (nSPS) is 9.43. The number of Topliss-reactive ketones (excluding diaryl/α,β-unsaturated/α-hetero) is 1. The molecule has 2 N–H and O–H groups in total. The molecule has 0 unspecified atom stereocenters. The van der Waals surface area contributed by atoms with E-state index in [1.54, 1.807) is 28.7 Å². The summed E-state index contributed by atoms with van der Waals surface area (Å²) in [6.07, 6.45) is 0. The predicted octanol–water partition coefficient (Wildman–Crippen LogP) is 2.76. The molecule has 0 atom stereocenters. The lowest BCUT2D eigenvalue weighted by atomic mass is 10.1. The molecule has 1 aromatic rings. The predicted molar refractivity (Wildman–Crippen MR) is 67.4 cm³/mol. The molecule has 0 aliphatic rings. The van der Waals surface area contributed by atoms with E-state index in [-0.39, 0.29) is 24.7 Å². The highest BCUT2D eigenvalue weighted by Crippen LogP contribution is 2.23. The maximum Gasteiger partial charge on any atom is 0.177 e. The Kier molecular flexibility index (Phi) is 6.11. The van der Waals surface area contributed by atoms with Gasteiger partial charge in [-0.05, 0) is 50.7 Å². The molecule has 2 nitrogen and oxygen atoms in total. The molecule has 0 bridgehead atoms. The van der Waals surface area contributed by atoms with Gasteiger partial charge in [0.05, 0.1) is 14.6 Å². The molecule has 0 aromatic heterocycles. The molecule has 78 valence electrons. The SMILES string of the molecule is Cl.NCC(=O)c1ccc(Br)c(F)c1I. The van der Waals surface area contributed by atoms with Crippen molar-refractivity contribution in [2.75, 3.05) is 6.54 Å². The molecule has 0 saturated carbocycles. The van der Waals surface area contributed by atoms with Gasteiger partial charge in [-0.2, -0.15) is 0 Å². The standard InChI is InChI=1S/C8H6BrFINO.ClH/c9-5-2-1-4(6(13)3-12)8(11)7(5)10;/h1-2H,3,12H2;1H. The van der Waals surface area contributed by atoms with Crippen molar-refractivity contribution in [3.63, 3.8) is 0 Å². The van der Waals surface area contributed by atoms with Gasteiger partial charge in [0.1, 0.15) is 0 Å². The summed E-state index contributed by atoms with van der Waals surface area (Å²) in [5.41, 5.74) is 5.51. The minimum atomic E-state index is -0.417. The highest BCUT2D eigenvalue weighted by molar-refractivity contribution is 14.1. The van der Waals surface area contributed by atoms with E-state index in [4.69, 9.17) is 5.73 Å². The van der Waals surface area contributed by atoms with Crippen molar-refractivity contribution in [1.29, 1.82) is 0 Å². The van der Waals surface area contributed by atoms with Crippen molar-refractivity contribution in [3.05, 3.63) is 31.6 Å². The molecule has 0 fully saturated rings. The Balaban J connectivity index is 0.00000169. The highest BCUT2D eigenvalue weighted by Gasteiger charge is 2.13. The van der Waals surface area contributed by atoms with Crippen molar-refractivity contribution in [2.24, 2.45) is 5.73 Å². The number of carbonyl (C=O) groups excluding carboxylic acids is 1. The van der Waals surface area contributed by atoms with E-state index in [1.165, 1.54) is 6.07 Å². The molecule has 0 amide bonds. The van der Waals surface area contributed by atoms with Crippen molar-refractivity contribution >= 4 is 56.7 Å². The number of ketones is 1. The fourth-order valence-corrected chi connectivity index (χ4v) is 2.32. The largest absolute Gasteiger partial charge is 0.324 e. The molecule has 1 aromatic carbocycles. The first kappa shape index (κ1) is 14.3. The summed E-state index contributed by atoms with van der Waals surface area (Å²) in [5.74, 6) is -0.671. The Bertz CT molecular complexity index is 361. The monoisotopic (exact) mass is 393 g/mol. The van der Waals surface area contributed by atoms with Gasteiger partial charge in [0.25, 0.3) is 0 Å². The maximum absolute atomic E-state index is 13.2. The van der Waals surface area contributed by atoms with Crippen LogP contribution >= 0.6 is 50.9 Å². The average Bonchev–Trinajstić information content (AvgIpc) is 2.13. The second-order valence-corrected chi connectivity index (χ2v) is 4.28. The van der Waals surface area contributed by atoms with Crippen LogP contribution in [0.15, 0.2) is 16.6 Å². The highest BCUT2D eigenvalue weighted by atomic mass is 127. The molecule has 0 aliphatic carbocycles. The van der Waals surface area contributed by atoms with E-state index in [0.29, 0.717) is 13.6 Å². The fourth-order valence-electron chi connectivity index (χ4n) is 0.851. The van der Waals surface area contributed by atoms with Gasteiger partial charge in [-0.1, -0.05) is 0 Å². The van der Waals surface area contributed by atoms with E-state index >= 15 is 0 Å². The Morgan fingerprint density at radius 1 is 1.57 bits per heavy atom. The summed E-state index contributed by atoms with van der Waals surface area (Å²) in [7, 11) is 0. The zero-order valence-corrected chi connectivity index (χ0v) is 11.4. The van der Waals surface area contributed by atoms with E-state index in [2.05, 4.69) is 15.9 Å². The smallest absolute Gasteiger partial charge is 0.177 e. The first-order chi connectivity index (χ1) is 6.07. The van der Waals surface area contributed by atoms with Gasteiger partial charge in [-0.3, -0.25) is 4.79 Å². The Labute approximate surface area is 109 Å². The third-order valence-corrected chi connectivity index (χ3v) is 3.19. The lowest BCUT2D eigenvalue weighted by Gasteiger charge is -2.03. The van der Waals surface area contributed by atoms with Crippen molar-refractivity contribution < 1.29 is 9.18 Å². The van der Waals surface area contributed by atoms with Crippen LogP contribution in [0.4, 0.5) is 4.39 Å². The average molecular weight is 394 g/mol. The number of hydrogen-bond donors (Lipinski definition) is 1. The van der Waals surface area contributed by atoms with Gasteiger partial charge in [-0.15, -0.1) is 12.4 Å². The fraction of sp³-hybridized carbons (Fsp3) is 0.125. The zero-order valence-electron chi connectivity index (χ0n) is 6.89. The quantitative estimate of drug-likeness (QED) is 0.476. The molecule has 0 aliphatic heterocycles. The third kappa shape index (κ3) is 2.88. The lowest BCUT2D eigenvalue weighted by molar-refractivity contribution is 0.1000. The van der Waals surface area contributed by atoms with Gasteiger partial charge < -0.3 is 5.73 Å². The van der Waals surface area contributed by atoms with Crippen LogP contribution in [0, 0.1) is 9.39 Å². The van der Waals surface area contributed by atoms with Gasteiger partial charge in [-0.25, -0.2) is 4.39 Å². The molecular formula is C8H7BrClFINO. The van der Waals surface area contributed by atoms with Gasteiger partial charge >= 0.3 is 0 Å². The van der Waals surface area contributed by atoms with Crippen LogP contribution in [-0.2, 0) is 0 Å². The summed E-state index contributed by atoms with van der Waals surface area (Å²) in [5, 5.41) is 0. The topological polar surface area (TPSA) is 43.1 Å². The van der Waals surface area contributed by atoms with Crippen LogP contribution in [0.1, 0.15) is 10.4 Å². The number of carbonyl (C=O) groups is 1. The van der Waals surface area contributed by atoms with E-state index < -0.39 is 5.82 Å². The molecule has 1 rings (SSSR count). The van der Waals surface area contributed by atoms with E-state index in [9.17, 15) is 9.18 Å². The number of hydrogen-bond acceptors (Lipinski definition) is 2. The summed E-state index contributed by atoms with van der Waals surface area (Å²) >= 11 is 4.82. The van der Waals surface area contributed by atoms with Crippen LogP contribution in [0.2, 0.25) is 0 Å². The number of halogens is 4. The maximum atomic E-state index is 13.2. The van der Waals surface area contributed by atoms with Crippen LogP contribution in [0.25, 0.3) is 0 Å². The van der Waals surface area contributed by atoms with Crippen molar-refractivity contribution in [3.8, 4) is 0 Å². The van der Waals surface area contributed by atoms with Crippen LogP contribution in [0.5, 0.6) is 0 Å². The first-order valence-corrected chi connectivity index (χ1v) is 5.32. The Hall–Kier alpha value is 0.280. The first-order valence-electron chi connectivity index (χ1n) is 3.44. The molecule has 0 heterocycles. The minimum Gasteiger partial charge on any atom is -0.324 e. The van der Waals surface area contributed by atoms with Crippen LogP contribution in [-0.4, -0.2) is 12.3 Å². The summed E-state index contributed by atoms with van der Waals surface area (Å²) in [6.45, 7) is -0.100. The second kappa shape index (κ2) is 5.99. The van der Waals surface area contributed by atoms with Crippen LogP contribution in [0.3, 0.4) is 0 Å². The summed E-state index contributed by atoms with van der Waals surface area (Å²) in [6, 6.07) is 3.06. The van der Waals surface area contributed by atoms with E-state index in [1.807, 2.05) is 0 Å². The van der Waals surface area contributed by atoms with E-state index in [0.717, 1.165) is 0 Å². The van der Waals surface area contributed by atoms with Gasteiger partial charge in [0, 0.05) is 5.56 Å². The molecule has 6 heteroatoms. The molecule has 0 spiro atoms. The number of benzene rings is 1. The minimum absolute atomic E-state index is 0. The number of nitrogens with two attached hydrogens (primary N) is 1. The molecular weight excluding hydrogens is 387 g/mol. The molecule has 0 saturated heterocycles. The molecule has 14 heavy (non-hydrogen) atoms. The zero-order chi connectivity index (χ0) is 10.0. The van der Waals surface area contributed by atoms with Crippen molar-refractivity contribution in [1.82, 2.24) is 0 Å². The Morgan fingerprint density at radius 2 is 2.14 bits per heavy atom. The second-order valence-electron chi connectivity index (χ2n) is 2.35. The summed E-state index contributed by atoms with van der Waals surface area (Å²) in [4.78, 5) is 11.2. The van der Waals surface area contributed by atoms with Crippen LogP contribution < -0.4 is 5.73 Å². The molecule has 0 radical (unpaired) electrons. The summed E-state index contributed by atoms with van der Waals surface area (Å²) < 4.78 is 13.9. The third-order valence-electron chi connectivity index (χ3n) is 1.52.